The second-order valence-electron chi connectivity index (χ2n) is 4.21. The molecule has 0 aliphatic carbocycles. The Hall–Kier alpha value is -0.0800. The van der Waals surface area contributed by atoms with Gasteiger partial charge in [-0.25, -0.2) is 0 Å². The molecule has 1 atom stereocenters. The smallest absolute Gasteiger partial charge is 0.0192 e. The first kappa shape index (κ1) is 11.0. The van der Waals surface area contributed by atoms with Gasteiger partial charge in [0.05, 0.1) is 0 Å². The molecule has 0 saturated carbocycles. The molecule has 0 aromatic rings. The van der Waals surface area contributed by atoms with Gasteiger partial charge in [0, 0.05) is 12.6 Å². The molecule has 78 valence electrons. The second-order valence-corrected chi connectivity index (χ2v) is 4.21. The van der Waals surface area contributed by atoms with E-state index in [9.17, 15) is 0 Å². The molecule has 0 spiro atoms. The van der Waals surface area contributed by atoms with Crippen LogP contribution in [0.2, 0.25) is 0 Å². The molecular formula is C11H24N2. The molecule has 1 aliphatic rings. The lowest BCUT2D eigenvalue weighted by atomic mass is 10.1. The van der Waals surface area contributed by atoms with Crippen molar-refractivity contribution >= 4 is 0 Å². The van der Waals surface area contributed by atoms with Crippen LogP contribution in [-0.2, 0) is 0 Å². The third kappa shape index (κ3) is 4.10. The Bertz CT molecular complexity index is 117. The Kier molecular flexibility index (Phi) is 5.40. The normalized spacial score (nSPS) is 23.5. The number of likely N-dealkylation sites (N-methyl/N-ethyl adjacent to an activating group) is 1. The van der Waals surface area contributed by atoms with Crippen LogP contribution in [0, 0.1) is 0 Å². The van der Waals surface area contributed by atoms with Gasteiger partial charge < -0.3 is 5.32 Å². The molecule has 1 heterocycles. The van der Waals surface area contributed by atoms with E-state index in [1.54, 1.807) is 0 Å². The van der Waals surface area contributed by atoms with Gasteiger partial charge in [-0.3, -0.25) is 4.90 Å². The third-order valence-corrected chi connectivity index (χ3v) is 3.01. The molecule has 1 rings (SSSR count). The summed E-state index contributed by atoms with van der Waals surface area (Å²) in [5.74, 6) is 0. The summed E-state index contributed by atoms with van der Waals surface area (Å²) in [6.07, 6.45) is 7.11. The fraction of sp³-hybridized carbons (Fsp3) is 1.00. The lowest BCUT2D eigenvalue weighted by Crippen LogP contribution is -2.41. The Labute approximate surface area is 82.7 Å². The number of nitrogens with zero attached hydrogens (tertiary/aromatic N) is 1. The molecule has 0 bridgehead atoms. The monoisotopic (exact) mass is 184 g/mol. The minimum absolute atomic E-state index is 0.711. The number of hydrogen-bond donors (Lipinski definition) is 1. The number of hydrogen-bond acceptors (Lipinski definition) is 2. The van der Waals surface area contributed by atoms with E-state index in [0.29, 0.717) is 6.04 Å². The van der Waals surface area contributed by atoms with Crippen LogP contribution in [0.3, 0.4) is 0 Å². The quantitative estimate of drug-likeness (QED) is 0.720. The van der Waals surface area contributed by atoms with Crippen molar-refractivity contribution in [1.82, 2.24) is 10.2 Å². The van der Waals surface area contributed by atoms with Crippen molar-refractivity contribution in [1.29, 1.82) is 0 Å². The Balaban J connectivity index is 2.27. The van der Waals surface area contributed by atoms with E-state index in [1.807, 2.05) is 7.05 Å². The van der Waals surface area contributed by atoms with Crippen LogP contribution in [0.5, 0.6) is 0 Å². The first-order chi connectivity index (χ1) is 6.34. The van der Waals surface area contributed by atoms with Gasteiger partial charge in [-0.1, -0.05) is 19.3 Å². The zero-order valence-corrected chi connectivity index (χ0v) is 9.18. The summed E-state index contributed by atoms with van der Waals surface area (Å²) < 4.78 is 0. The van der Waals surface area contributed by atoms with E-state index in [1.165, 1.54) is 45.2 Å². The Morgan fingerprint density at radius 1 is 1.08 bits per heavy atom. The highest BCUT2D eigenvalue weighted by Crippen LogP contribution is 2.12. The van der Waals surface area contributed by atoms with Crippen LogP contribution >= 0.6 is 0 Å². The van der Waals surface area contributed by atoms with E-state index in [-0.39, 0.29) is 0 Å². The molecule has 1 fully saturated rings. The molecule has 1 unspecified atom stereocenters. The average Bonchev–Trinajstić information content (AvgIpc) is 2.03. The summed E-state index contributed by atoms with van der Waals surface area (Å²) in [4.78, 5) is 2.63. The topological polar surface area (TPSA) is 15.3 Å². The van der Waals surface area contributed by atoms with Crippen molar-refractivity contribution in [3.8, 4) is 0 Å². The molecule has 0 radical (unpaired) electrons. The lowest BCUT2D eigenvalue weighted by molar-refractivity contribution is 0.189. The van der Waals surface area contributed by atoms with E-state index in [2.05, 4.69) is 17.1 Å². The van der Waals surface area contributed by atoms with E-state index in [4.69, 9.17) is 0 Å². The Morgan fingerprint density at radius 2 is 1.62 bits per heavy atom. The van der Waals surface area contributed by atoms with Crippen molar-refractivity contribution in [3.63, 3.8) is 0 Å². The second kappa shape index (κ2) is 6.39. The molecule has 13 heavy (non-hydrogen) atoms. The summed E-state index contributed by atoms with van der Waals surface area (Å²) in [7, 11) is 2.04. The minimum atomic E-state index is 0.711. The van der Waals surface area contributed by atoms with Crippen molar-refractivity contribution in [2.45, 2.75) is 45.1 Å². The average molecular weight is 184 g/mol. The summed E-state index contributed by atoms with van der Waals surface area (Å²) >= 11 is 0. The van der Waals surface area contributed by atoms with Gasteiger partial charge >= 0.3 is 0 Å². The van der Waals surface area contributed by atoms with Crippen molar-refractivity contribution in [2.24, 2.45) is 0 Å². The highest BCUT2D eigenvalue weighted by atomic mass is 15.2. The molecule has 2 nitrogen and oxygen atoms in total. The van der Waals surface area contributed by atoms with Crippen LogP contribution in [-0.4, -0.2) is 37.6 Å². The van der Waals surface area contributed by atoms with Crippen LogP contribution in [0.4, 0.5) is 0 Å². The van der Waals surface area contributed by atoms with E-state index >= 15 is 0 Å². The number of nitrogens with one attached hydrogen (secondary N) is 1. The first-order valence-corrected chi connectivity index (χ1v) is 5.73. The van der Waals surface area contributed by atoms with Crippen molar-refractivity contribution in [3.05, 3.63) is 0 Å². The van der Waals surface area contributed by atoms with Gasteiger partial charge in [-0.2, -0.15) is 0 Å². The molecule has 0 amide bonds. The van der Waals surface area contributed by atoms with Crippen LogP contribution in [0.1, 0.15) is 39.0 Å². The molecule has 1 N–H and O–H groups in total. The summed E-state index contributed by atoms with van der Waals surface area (Å²) in [6, 6.07) is 0.711. The number of likely N-dealkylation sites (tertiary alicyclic amines) is 1. The predicted octanol–water partition coefficient (Wildman–Crippen LogP) is 1.86. The van der Waals surface area contributed by atoms with Gasteiger partial charge in [-0.05, 0) is 39.9 Å². The fourth-order valence-corrected chi connectivity index (χ4v) is 2.14. The van der Waals surface area contributed by atoms with Gasteiger partial charge in [0.15, 0.2) is 0 Å². The Morgan fingerprint density at radius 3 is 2.15 bits per heavy atom. The maximum Gasteiger partial charge on any atom is 0.0192 e. The predicted molar refractivity (Wildman–Crippen MR) is 58.0 cm³/mol. The molecular weight excluding hydrogens is 160 g/mol. The summed E-state index contributed by atoms with van der Waals surface area (Å²) in [5, 5.41) is 3.26. The zero-order chi connectivity index (χ0) is 9.52. The maximum atomic E-state index is 3.26. The zero-order valence-electron chi connectivity index (χ0n) is 9.18. The van der Waals surface area contributed by atoms with Crippen LogP contribution < -0.4 is 5.32 Å². The van der Waals surface area contributed by atoms with Crippen LogP contribution in [0.25, 0.3) is 0 Å². The van der Waals surface area contributed by atoms with E-state index in [0.717, 1.165) is 6.54 Å². The number of rotatable bonds is 3. The standard InChI is InChI=1S/C11H24N2/c1-11(10-12-2)13-8-6-4-3-5-7-9-13/h11-12H,3-10H2,1-2H3. The third-order valence-electron chi connectivity index (χ3n) is 3.01. The van der Waals surface area contributed by atoms with Gasteiger partial charge in [-0.15, -0.1) is 0 Å². The lowest BCUT2D eigenvalue weighted by Gasteiger charge is -2.30. The summed E-state index contributed by atoms with van der Waals surface area (Å²) in [6.45, 7) is 6.07. The van der Waals surface area contributed by atoms with Gasteiger partial charge in [0.1, 0.15) is 0 Å². The summed E-state index contributed by atoms with van der Waals surface area (Å²) in [5.41, 5.74) is 0. The highest BCUT2D eigenvalue weighted by Gasteiger charge is 2.13. The van der Waals surface area contributed by atoms with Crippen LogP contribution in [0.15, 0.2) is 0 Å². The van der Waals surface area contributed by atoms with Gasteiger partial charge in [0.2, 0.25) is 0 Å². The first-order valence-electron chi connectivity index (χ1n) is 5.73. The molecule has 2 heteroatoms. The highest BCUT2D eigenvalue weighted by molar-refractivity contribution is 4.70. The molecule has 0 aromatic carbocycles. The fourth-order valence-electron chi connectivity index (χ4n) is 2.14. The van der Waals surface area contributed by atoms with E-state index < -0.39 is 0 Å². The maximum absolute atomic E-state index is 3.26. The SMILES string of the molecule is CNCC(C)N1CCCCCCC1. The molecule has 1 saturated heterocycles. The minimum Gasteiger partial charge on any atom is -0.318 e. The van der Waals surface area contributed by atoms with Crippen molar-refractivity contribution in [2.75, 3.05) is 26.7 Å². The molecule has 0 aromatic heterocycles. The largest absolute Gasteiger partial charge is 0.318 e. The molecule has 1 aliphatic heterocycles. The van der Waals surface area contributed by atoms with Gasteiger partial charge in [0.25, 0.3) is 0 Å². The van der Waals surface area contributed by atoms with Crippen molar-refractivity contribution < 1.29 is 0 Å².